The summed E-state index contributed by atoms with van der Waals surface area (Å²) in [4.78, 5) is 40.7. The highest BCUT2D eigenvalue weighted by atomic mass is 19.1. The van der Waals surface area contributed by atoms with Crippen LogP contribution in [0.3, 0.4) is 0 Å². The fraction of sp³-hybridized carbons (Fsp3) is 0.400. The number of H-pyrrole nitrogens is 2. The molecular formula is C20H22F2N6O3. The molecule has 11 heteroatoms. The minimum atomic E-state index is -0.792. The largest absolute Gasteiger partial charge is 0.310 e. The van der Waals surface area contributed by atoms with Gasteiger partial charge >= 0.3 is 5.56 Å². The first-order valence-electron chi connectivity index (χ1n) is 10.0. The first-order valence-corrected chi connectivity index (χ1v) is 10.0. The van der Waals surface area contributed by atoms with E-state index in [1.807, 2.05) is 0 Å². The van der Waals surface area contributed by atoms with Gasteiger partial charge in [-0.05, 0) is 25.9 Å². The van der Waals surface area contributed by atoms with Gasteiger partial charge < -0.3 is 19.9 Å². The van der Waals surface area contributed by atoms with Crippen molar-refractivity contribution in [2.75, 3.05) is 19.6 Å². The maximum atomic E-state index is 14.0. The number of nitrogens with one attached hydrogen (secondary N) is 3. The predicted octanol–water partition coefficient (Wildman–Crippen LogP) is 0.305. The Bertz CT molecular complexity index is 1260. The molecule has 4 rings (SSSR count). The molecule has 0 amide bonds. The number of fused-ring (bicyclic) bond motifs is 1. The molecule has 1 aliphatic rings. The Morgan fingerprint density at radius 3 is 2.58 bits per heavy atom. The first kappa shape index (κ1) is 21.1. The second kappa shape index (κ2) is 8.90. The zero-order valence-electron chi connectivity index (χ0n) is 16.7. The summed E-state index contributed by atoms with van der Waals surface area (Å²) in [7, 11) is 0. The van der Waals surface area contributed by atoms with Crippen molar-refractivity contribution in [3.8, 4) is 0 Å². The van der Waals surface area contributed by atoms with Gasteiger partial charge in [0.15, 0.2) is 5.82 Å². The summed E-state index contributed by atoms with van der Waals surface area (Å²) in [6, 6.07) is 3.41. The fourth-order valence-corrected chi connectivity index (χ4v) is 3.83. The molecule has 1 aliphatic heterocycles. The lowest BCUT2D eigenvalue weighted by molar-refractivity contribution is 0.191. The zero-order chi connectivity index (χ0) is 22.0. The van der Waals surface area contributed by atoms with Crippen molar-refractivity contribution in [1.29, 1.82) is 0 Å². The Hall–Kier alpha value is -3.18. The van der Waals surface area contributed by atoms with Crippen molar-refractivity contribution in [2.45, 2.75) is 32.0 Å². The van der Waals surface area contributed by atoms with Crippen molar-refractivity contribution >= 4 is 11.0 Å². The van der Waals surface area contributed by atoms with E-state index in [1.54, 1.807) is 0 Å². The number of aromatic nitrogens is 4. The van der Waals surface area contributed by atoms with E-state index in [2.05, 4.69) is 25.4 Å². The van der Waals surface area contributed by atoms with Crippen LogP contribution in [0, 0.1) is 11.6 Å². The van der Waals surface area contributed by atoms with Gasteiger partial charge in [-0.25, -0.2) is 13.8 Å². The van der Waals surface area contributed by atoms with Crippen molar-refractivity contribution in [1.82, 2.24) is 30.0 Å². The van der Waals surface area contributed by atoms with Crippen LogP contribution < -0.4 is 21.9 Å². The quantitative estimate of drug-likeness (QED) is 0.483. The third kappa shape index (κ3) is 4.78. The molecule has 0 spiro atoms. The van der Waals surface area contributed by atoms with E-state index in [-0.39, 0.29) is 17.1 Å². The smallest absolute Gasteiger partial charge is 0.308 e. The predicted molar refractivity (Wildman–Crippen MR) is 110 cm³/mol. The summed E-state index contributed by atoms with van der Waals surface area (Å²) < 4.78 is 29.0. The SMILES string of the molecule is O=c1cc(CNC2CCN(CCn3c(=O)cnc4c(F)cc(F)cc43)CC2)[nH][nH]c1=O. The van der Waals surface area contributed by atoms with Crippen LogP contribution in [0.5, 0.6) is 0 Å². The summed E-state index contributed by atoms with van der Waals surface area (Å²) in [5.41, 5.74) is -0.923. The second-order valence-electron chi connectivity index (χ2n) is 7.61. The van der Waals surface area contributed by atoms with E-state index >= 15 is 0 Å². The maximum Gasteiger partial charge on any atom is 0.310 e. The summed E-state index contributed by atoms with van der Waals surface area (Å²) >= 11 is 0. The molecule has 0 saturated carbocycles. The van der Waals surface area contributed by atoms with Crippen molar-refractivity contribution < 1.29 is 8.78 Å². The maximum absolute atomic E-state index is 14.0. The van der Waals surface area contributed by atoms with E-state index in [1.165, 1.54) is 10.6 Å². The number of benzene rings is 1. The Morgan fingerprint density at radius 1 is 1.06 bits per heavy atom. The van der Waals surface area contributed by atoms with E-state index in [0.717, 1.165) is 44.3 Å². The number of hydrogen-bond acceptors (Lipinski definition) is 6. The number of piperidine rings is 1. The van der Waals surface area contributed by atoms with Gasteiger partial charge in [0, 0.05) is 49.6 Å². The molecule has 0 radical (unpaired) electrons. The third-order valence-electron chi connectivity index (χ3n) is 5.54. The molecule has 0 bridgehead atoms. The Balaban J connectivity index is 1.33. The molecule has 3 heterocycles. The highest BCUT2D eigenvalue weighted by Crippen LogP contribution is 2.16. The van der Waals surface area contributed by atoms with Crippen LogP contribution in [0.25, 0.3) is 11.0 Å². The normalized spacial score (nSPS) is 15.5. The molecule has 0 unspecified atom stereocenters. The number of likely N-dealkylation sites (tertiary alicyclic amines) is 1. The molecule has 3 aromatic rings. The Kier molecular flexibility index (Phi) is 6.05. The summed E-state index contributed by atoms with van der Waals surface area (Å²) in [5.74, 6) is -1.54. The van der Waals surface area contributed by atoms with Gasteiger partial charge in [0.1, 0.15) is 11.3 Å². The molecule has 31 heavy (non-hydrogen) atoms. The minimum Gasteiger partial charge on any atom is -0.308 e. The molecule has 0 aliphatic carbocycles. The number of hydrogen-bond donors (Lipinski definition) is 3. The van der Waals surface area contributed by atoms with Gasteiger partial charge in [-0.1, -0.05) is 0 Å². The Morgan fingerprint density at radius 2 is 1.84 bits per heavy atom. The van der Waals surface area contributed by atoms with Crippen LogP contribution in [0.15, 0.2) is 38.8 Å². The summed E-state index contributed by atoms with van der Waals surface area (Å²) in [6.07, 6.45) is 2.78. The average molecular weight is 432 g/mol. The Labute approximate surface area is 174 Å². The van der Waals surface area contributed by atoms with Gasteiger partial charge in [0.25, 0.3) is 5.56 Å². The van der Waals surface area contributed by atoms with Crippen LogP contribution in [-0.2, 0) is 13.1 Å². The van der Waals surface area contributed by atoms with Crippen LogP contribution in [-0.4, -0.2) is 50.3 Å². The lowest BCUT2D eigenvalue weighted by atomic mass is 10.0. The molecule has 9 nitrogen and oxygen atoms in total. The molecular weight excluding hydrogens is 410 g/mol. The van der Waals surface area contributed by atoms with Crippen LogP contribution >= 0.6 is 0 Å². The highest BCUT2D eigenvalue weighted by Gasteiger charge is 2.19. The topological polar surface area (TPSA) is 116 Å². The number of halogens is 2. The van der Waals surface area contributed by atoms with E-state index < -0.39 is 28.2 Å². The number of nitrogens with zero attached hydrogens (tertiary/aromatic N) is 3. The molecule has 1 fully saturated rings. The van der Waals surface area contributed by atoms with Gasteiger partial charge in [-0.2, -0.15) is 0 Å². The standard InChI is InChI=1S/C20H22F2N6O3/c21-12-7-15(22)19-16(8-12)28(18(30)11-24-19)6-5-27-3-1-13(2-4-27)23-10-14-9-17(29)20(31)26-25-14/h7-9,11,13,23H,1-6,10H2,(H,25,29)(H,26,31). The molecule has 3 N–H and O–H groups in total. The lowest BCUT2D eigenvalue weighted by Gasteiger charge is -2.32. The van der Waals surface area contributed by atoms with Gasteiger partial charge in [-0.15, -0.1) is 0 Å². The molecule has 164 valence electrons. The summed E-state index contributed by atoms with van der Waals surface area (Å²) in [5, 5.41) is 8.35. The first-order chi connectivity index (χ1) is 14.9. The average Bonchev–Trinajstić information content (AvgIpc) is 2.74. The van der Waals surface area contributed by atoms with E-state index in [9.17, 15) is 23.2 Å². The second-order valence-corrected chi connectivity index (χ2v) is 7.61. The summed E-state index contributed by atoms with van der Waals surface area (Å²) in [6.45, 7) is 2.89. The third-order valence-corrected chi connectivity index (χ3v) is 5.54. The van der Waals surface area contributed by atoms with Crippen molar-refractivity contribution in [3.05, 3.63) is 72.7 Å². The molecule has 2 aromatic heterocycles. The van der Waals surface area contributed by atoms with Crippen LogP contribution in [0.4, 0.5) is 8.78 Å². The van der Waals surface area contributed by atoms with Gasteiger partial charge in [0.2, 0.25) is 5.43 Å². The fourth-order valence-electron chi connectivity index (χ4n) is 3.83. The van der Waals surface area contributed by atoms with Gasteiger partial charge in [0.05, 0.1) is 11.7 Å². The number of aromatic amines is 2. The molecule has 1 aromatic carbocycles. The van der Waals surface area contributed by atoms with Crippen LogP contribution in [0.1, 0.15) is 18.5 Å². The minimum absolute atomic E-state index is 0.0239. The number of rotatable bonds is 6. The van der Waals surface area contributed by atoms with Crippen molar-refractivity contribution in [3.63, 3.8) is 0 Å². The monoisotopic (exact) mass is 432 g/mol. The van der Waals surface area contributed by atoms with Crippen molar-refractivity contribution in [2.24, 2.45) is 0 Å². The van der Waals surface area contributed by atoms with E-state index in [0.29, 0.717) is 25.3 Å². The zero-order valence-corrected chi connectivity index (χ0v) is 16.7. The molecule has 0 atom stereocenters. The van der Waals surface area contributed by atoms with E-state index in [4.69, 9.17) is 0 Å². The van der Waals surface area contributed by atoms with Crippen LogP contribution in [0.2, 0.25) is 0 Å². The molecule has 1 saturated heterocycles. The highest BCUT2D eigenvalue weighted by molar-refractivity contribution is 5.75. The van der Waals surface area contributed by atoms with Gasteiger partial charge in [-0.3, -0.25) is 19.5 Å². The lowest BCUT2D eigenvalue weighted by Crippen LogP contribution is -2.44.